The van der Waals surface area contributed by atoms with E-state index in [9.17, 15) is 4.39 Å². The lowest BCUT2D eigenvalue weighted by atomic mass is 10.0. The first-order valence-corrected chi connectivity index (χ1v) is 7.06. The molecule has 1 N–H and O–H groups in total. The smallest absolute Gasteiger partial charge is 0.129 e. The van der Waals surface area contributed by atoms with Gasteiger partial charge in [-0.2, -0.15) is 0 Å². The maximum atomic E-state index is 13.9. The molecule has 0 amide bonds. The van der Waals surface area contributed by atoms with E-state index >= 15 is 0 Å². The molecule has 0 aliphatic heterocycles. The highest BCUT2D eigenvalue weighted by molar-refractivity contribution is 9.10. The van der Waals surface area contributed by atoms with Crippen LogP contribution in [0.4, 0.5) is 10.1 Å². The first-order valence-electron chi connectivity index (χ1n) is 6.26. The van der Waals surface area contributed by atoms with E-state index in [-0.39, 0.29) is 11.9 Å². The number of aryl methyl sites for hydroxylation is 1. The first kappa shape index (κ1) is 14.1. The molecule has 0 aromatic heterocycles. The van der Waals surface area contributed by atoms with Gasteiger partial charge in [-0.3, -0.25) is 0 Å². The third-order valence-corrected chi connectivity index (χ3v) is 3.90. The fourth-order valence-electron chi connectivity index (χ4n) is 2.07. The molecular formula is C16H17BrFN. The number of anilines is 1. The Hall–Kier alpha value is -1.35. The van der Waals surface area contributed by atoms with E-state index in [1.165, 1.54) is 17.2 Å². The van der Waals surface area contributed by atoms with Gasteiger partial charge in [-0.1, -0.05) is 34.1 Å². The Morgan fingerprint density at radius 3 is 2.58 bits per heavy atom. The molecule has 100 valence electrons. The molecule has 0 heterocycles. The zero-order valence-electron chi connectivity index (χ0n) is 11.3. The summed E-state index contributed by atoms with van der Waals surface area (Å²) in [7, 11) is 0. The number of hydrogen-bond donors (Lipinski definition) is 1. The minimum absolute atomic E-state index is 0.0754. The summed E-state index contributed by atoms with van der Waals surface area (Å²) in [5.74, 6) is -0.195. The molecule has 1 unspecified atom stereocenters. The second-order valence-electron chi connectivity index (χ2n) is 4.78. The van der Waals surface area contributed by atoms with Gasteiger partial charge in [0.1, 0.15) is 5.82 Å². The molecule has 2 aromatic rings. The van der Waals surface area contributed by atoms with Crippen molar-refractivity contribution in [2.45, 2.75) is 26.8 Å². The lowest BCUT2D eigenvalue weighted by Gasteiger charge is -2.19. The molecule has 0 saturated carbocycles. The molecule has 0 radical (unpaired) electrons. The summed E-state index contributed by atoms with van der Waals surface area (Å²) in [4.78, 5) is 0. The van der Waals surface area contributed by atoms with Crippen LogP contribution in [0.25, 0.3) is 0 Å². The summed E-state index contributed by atoms with van der Waals surface area (Å²) in [5, 5.41) is 3.37. The van der Waals surface area contributed by atoms with Gasteiger partial charge in [-0.15, -0.1) is 0 Å². The zero-order valence-corrected chi connectivity index (χ0v) is 12.9. The number of hydrogen-bond acceptors (Lipinski definition) is 1. The van der Waals surface area contributed by atoms with Crippen LogP contribution < -0.4 is 5.32 Å². The Balaban J connectivity index is 2.25. The molecule has 0 aliphatic rings. The topological polar surface area (TPSA) is 12.0 Å². The molecule has 0 bridgehead atoms. The van der Waals surface area contributed by atoms with Crippen LogP contribution in [0, 0.1) is 19.7 Å². The van der Waals surface area contributed by atoms with Crippen molar-refractivity contribution < 1.29 is 4.39 Å². The number of rotatable bonds is 3. The molecule has 3 heteroatoms. The van der Waals surface area contributed by atoms with Crippen molar-refractivity contribution in [1.82, 2.24) is 0 Å². The molecule has 0 saturated heterocycles. The molecule has 0 fully saturated rings. The van der Waals surface area contributed by atoms with Crippen LogP contribution in [-0.4, -0.2) is 0 Å². The number of halogens is 2. The standard InChI is InChI=1S/C16H17BrFN/c1-10-5-4-6-16(11(10)2)19-12(3)14-8-7-13(17)9-15(14)18/h4-9,12,19H,1-3H3. The first-order chi connectivity index (χ1) is 8.99. The summed E-state index contributed by atoms with van der Waals surface area (Å²) in [6.07, 6.45) is 0. The van der Waals surface area contributed by atoms with Gasteiger partial charge in [0.2, 0.25) is 0 Å². The van der Waals surface area contributed by atoms with Crippen LogP contribution in [0.2, 0.25) is 0 Å². The number of nitrogens with one attached hydrogen (secondary N) is 1. The van der Waals surface area contributed by atoms with Crippen molar-refractivity contribution in [3.63, 3.8) is 0 Å². The monoisotopic (exact) mass is 321 g/mol. The highest BCUT2D eigenvalue weighted by atomic mass is 79.9. The van der Waals surface area contributed by atoms with E-state index in [0.29, 0.717) is 5.56 Å². The lowest BCUT2D eigenvalue weighted by Crippen LogP contribution is -2.09. The Morgan fingerprint density at radius 1 is 1.16 bits per heavy atom. The van der Waals surface area contributed by atoms with Gasteiger partial charge in [0.25, 0.3) is 0 Å². The van der Waals surface area contributed by atoms with Crippen LogP contribution in [0.3, 0.4) is 0 Å². The van der Waals surface area contributed by atoms with E-state index in [2.05, 4.69) is 41.2 Å². The van der Waals surface area contributed by atoms with E-state index in [4.69, 9.17) is 0 Å². The summed E-state index contributed by atoms with van der Waals surface area (Å²) in [6, 6.07) is 11.2. The summed E-state index contributed by atoms with van der Waals surface area (Å²) >= 11 is 3.27. The zero-order chi connectivity index (χ0) is 14.0. The molecule has 0 aliphatic carbocycles. The maximum Gasteiger partial charge on any atom is 0.129 e. The Morgan fingerprint density at radius 2 is 1.89 bits per heavy atom. The van der Waals surface area contributed by atoms with Crippen molar-refractivity contribution in [3.8, 4) is 0 Å². The Labute approximate surface area is 122 Å². The average Bonchev–Trinajstić information content (AvgIpc) is 2.34. The van der Waals surface area contributed by atoms with E-state index in [1.807, 2.05) is 31.2 Å². The van der Waals surface area contributed by atoms with Crippen LogP contribution in [0.15, 0.2) is 40.9 Å². The van der Waals surface area contributed by atoms with Gasteiger partial charge < -0.3 is 5.32 Å². The maximum absolute atomic E-state index is 13.9. The van der Waals surface area contributed by atoms with Crippen molar-refractivity contribution in [2.75, 3.05) is 5.32 Å². The van der Waals surface area contributed by atoms with Crippen molar-refractivity contribution in [3.05, 3.63) is 63.4 Å². The Kier molecular flexibility index (Phi) is 4.25. The lowest BCUT2D eigenvalue weighted by molar-refractivity contribution is 0.599. The van der Waals surface area contributed by atoms with Gasteiger partial charge in [0.15, 0.2) is 0 Å². The van der Waals surface area contributed by atoms with Gasteiger partial charge in [-0.25, -0.2) is 4.39 Å². The largest absolute Gasteiger partial charge is 0.378 e. The molecule has 1 nitrogen and oxygen atoms in total. The number of benzene rings is 2. The van der Waals surface area contributed by atoms with E-state index in [0.717, 1.165) is 10.2 Å². The normalized spacial score (nSPS) is 12.3. The molecular weight excluding hydrogens is 305 g/mol. The minimum Gasteiger partial charge on any atom is -0.378 e. The molecule has 19 heavy (non-hydrogen) atoms. The summed E-state index contributed by atoms with van der Waals surface area (Å²) < 4.78 is 14.7. The third-order valence-electron chi connectivity index (χ3n) is 3.41. The minimum atomic E-state index is -0.195. The highest BCUT2D eigenvalue weighted by Crippen LogP contribution is 2.26. The Bertz CT molecular complexity index is 595. The van der Waals surface area contributed by atoms with Crippen molar-refractivity contribution in [1.29, 1.82) is 0 Å². The van der Waals surface area contributed by atoms with Gasteiger partial charge >= 0.3 is 0 Å². The predicted molar refractivity (Wildman–Crippen MR) is 82.1 cm³/mol. The van der Waals surface area contributed by atoms with Crippen LogP contribution in [0.5, 0.6) is 0 Å². The SMILES string of the molecule is Cc1cccc(NC(C)c2ccc(Br)cc2F)c1C. The molecule has 2 aromatic carbocycles. The van der Waals surface area contributed by atoms with Crippen LogP contribution in [0.1, 0.15) is 29.7 Å². The van der Waals surface area contributed by atoms with Crippen LogP contribution >= 0.6 is 15.9 Å². The predicted octanol–water partition coefficient (Wildman–Crippen LogP) is 5.38. The second-order valence-corrected chi connectivity index (χ2v) is 5.70. The quantitative estimate of drug-likeness (QED) is 0.800. The molecule has 2 rings (SSSR count). The summed E-state index contributed by atoms with van der Waals surface area (Å²) in [5.41, 5.74) is 4.15. The third kappa shape index (κ3) is 3.16. The van der Waals surface area contributed by atoms with Crippen molar-refractivity contribution >= 4 is 21.6 Å². The summed E-state index contributed by atoms with van der Waals surface area (Å²) in [6.45, 7) is 6.11. The van der Waals surface area contributed by atoms with Gasteiger partial charge in [0, 0.05) is 15.7 Å². The van der Waals surface area contributed by atoms with E-state index in [1.54, 1.807) is 0 Å². The molecule has 0 spiro atoms. The second kappa shape index (κ2) is 5.74. The van der Waals surface area contributed by atoms with E-state index < -0.39 is 0 Å². The van der Waals surface area contributed by atoms with Gasteiger partial charge in [-0.05, 0) is 50.1 Å². The average molecular weight is 322 g/mol. The van der Waals surface area contributed by atoms with Crippen LogP contribution in [-0.2, 0) is 0 Å². The highest BCUT2D eigenvalue weighted by Gasteiger charge is 2.12. The van der Waals surface area contributed by atoms with Gasteiger partial charge in [0.05, 0.1) is 6.04 Å². The van der Waals surface area contributed by atoms with Crippen molar-refractivity contribution in [2.24, 2.45) is 0 Å². The fourth-order valence-corrected chi connectivity index (χ4v) is 2.40. The fraction of sp³-hybridized carbons (Fsp3) is 0.250. The molecule has 1 atom stereocenters.